The van der Waals surface area contributed by atoms with Gasteiger partial charge in [-0.15, -0.1) is 0 Å². The van der Waals surface area contributed by atoms with Gasteiger partial charge in [-0.25, -0.2) is 9.97 Å². The van der Waals surface area contributed by atoms with Crippen LogP contribution >= 0.6 is 0 Å². The molecule has 0 fully saturated rings. The molecule has 108 valence electrons. The molecule has 0 aliphatic rings. The number of ether oxygens (including phenoxy) is 1. The second-order valence-electron chi connectivity index (χ2n) is 4.89. The molecular weight excluding hydrogens is 278 g/mol. The van der Waals surface area contributed by atoms with Gasteiger partial charge in [0.25, 0.3) is 0 Å². The molecule has 0 saturated carbocycles. The first kappa shape index (κ1) is 12.6. The summed E-state index contributed by atoms with van der Waals surface area (Å²) in [5.41, 5.74) is 3.46. The third kappa shape index (κ3) is 2.13. The summed E-state index contributed by atoms with van der Waals surface area (Å²) in [5.74, 6) is 2.38. The third-order valence-electron chi connectivity index (χ3n) is 3.51. The van der Waals surface area contributed by atoms with Crippen molar-refractivity contribution in [3.8, 4) is 28.5 Å². The first-order valence-electron chi connectivity index (χ1n) is 6.87. The highest BCUT2D eigenvalue weighted by molar-refractivity contribution is 5.80. The van der Waals surface area contributed by atoms with E-state index in [1.165, 1.54) is 0 Å². The molecule has 0 radical (unpaired) electrons. The Morgan fingerprint density at radius 1 is 1.09 bits per heavy atom. The van der Waals surface area contributed by atoms with Gasteiger partial charge in [-0.3, -0.25) is 0 Å². The van der Waals surface area contributed by atoms with Crippen molar-refractivity contribution in [2.45, 2.75) is 0 Å². The maximum atomic E-state index is 5.40. The van der Waals surface area contributed by atoms with Crippen LogP contribution in [0.3, 0.4) is 0 Å². The van der Waals surface area contributed by atoms with Crippen molar-refractivity contribution >= 4 is 11.2 Å². The van der Waals surface area contributed by atoms with Gasteiger partial charge in [0.1, 0.15) is 17.3 Å². The van der Waals surface area contributed by atoms with Gasteiger partial charge in [0.2, 0.25) is 0 Å². The van der Waals surface area contributed by atoms with Gasteiger partial charge < -0.3 is 14.1 Å². The number of hydrogen-bond acceptors (Lipinski definition) is 4. The molecular formula is C17H13N3O2. The van der Waals surface area contributed by atoms with E-state index in [0.29, 0.717) is 5.65 Å². The van der Waals surface area contributed by atoms with Crippen molar-refractivity contribution in [1.29, 1.82) is 0 Å². The lowest BCUT2D eigenvalue weighted by Gasteiger charge is -2.00. The van der Waals surface area contributed by atoms with Crippen molar-refractivity contribution in [2.75, 3.05) is 7.11 Å². The van der Waals surface area contributed by atoms with E-state index in [4.69, 9.17) is 9.15 Å². The van der Waals surface area contributed by atoms with E-state index in [-0.39, 0.29) is 0 Å². The van der Waals surface area contributed by atoms with Crippen molar-refractivity contribution < 1.29 is 9.15 Å². The molecule has 3 heterocycles. The Hall–Kier alpha value is -3.08. The number of nitrogens with one attached hydrogen (secondary N) is 1. The molecule has 4 aromatic rings. The second-order valence-corrected chi connectivity index (χ2v) is 4.89. The maximum Gasteiger partial charge on any atom is 0.178 e. The van der Waals surface area contributed by atoms with Crippen LogP contribution in [0.1, 0.15) is 0 Å². The van der Waals surface area contributed by atoms with E-state index in [1.807, 2.05) is 42.5 Å². The minimum Gasteiger partial charge on any atom is -0.497 e. The maximum absolute atomic E-state index is 5.40. The summed E-state index contributed by atoms with van der Waals surface area (Å²) in [6.45, 7) is 0. The standard InChI is InChI=1S/C17H13N3O2/c1-21-13-6-4-11(5-7-13)16-19-14-9-12(10-18-17(14)20-16)15-3-2-8-22-15/h2-10H,1H3,(H,18,19,20). The number of nitrogens with zero attached hydrogens (tertiary/aromatic N) is 2. The number of pyridine rings is 1. The lowest BCUT2D eigenvalue weighted by Crippen LogP contribution is -1.83. The highest BCUT2D eigenvalue weighted by Gasteiger charge is 2.09. The second kappa shape index (κ2) is 5.04. The van der Waals surface area contributed by atoms with Crippen LogP contribution in [0, 0.1) is 0 Å². The Labute approximate surface area is 126 Å². The number of benzene rings is 1. The van der Waals surface area contributed by atoms with Gasteiger partial charge in [0.15, 0.2) is 5.65 Å². The molecule has 1 N–H and O–H groups in total. The van der Waals surface area contributed by atoms with Crippen LogP contribution in [-0.4, -0.2) is 22.1 Å². The van der Waals surface area contributed by atoms with Gasteiger partial charge in [-0.05, 0) is 42.5 Å². The summed E-state index contributed by atoms with van der Waals surface area (Å²) in [6.07, 6.45) is 3.41. The lowest BCUT2D eigenvalue weighted by molar-refractivity contribution is 0.415. The highest BCUT2D eigenvalue weighted by atomic mass is 16.5. The molecule has 0 spiro atoms. The van der Waals surface area contributed by atoms with E-state index in [9.17, 15) is 0 Å². The van der Waals surface area contributed by atoms with Crippen LogP contribution in [0.4, 0.5) is 0 Å². The molecule has 0 unspecified atom stereocenters. The van der Waals surface area contributed by atoms with E-state index < -0.39 is 0 Å². The Morgan fingerprint density at radius 3 is 2.68 bits per heavy atom. The normalized spacial score (nSPS) is 11.0. The summed E-state index contributed by atoms with van der Waals surface area (Å²) in [4.78, 5) is 12.2. The minimum atomic E-state index is 0.682. The molecule has 5 nitrogen and oxygen atoms in total. The topological polar surface area (TPSA) is 63.9 Å². The van der Waals surface area contributed by atoms with Crippen molar-refractivity contribution in [3.05, 3.63) is 54.9 Å². The Balaban J connectivity index is 1.76. The number of aromatic amines is 1. The van der Waals surface area contributed by atoms with Crippen LogP contribution in [0.25, 0.3) is 33.9 Å². The van der Waals surface area contributed by atoms with Gasteiger partial charge >= 0.3 is 0 Å². The summed E-state index contributed by atoms with van der Waals surface area (Å²) in [5, 5.41) is 0. The Kier molecular flexibility index (Phi) is 2.89. The molecule has 0 atom stereocenters. The molecule has 5 heteroatoms. The fraction of sp³-hybridized carbons (Fsp3) is 0.0588. The van der Waals surface area contributed by atoms with Crippen molar-refractivity contribution in [2.24, 2.45) is 0 Å². The number of imidazole rings is 1. The largest absolute Gasteiger partial charge is 0.497 e. The first-order chi connectivity index (χ1) is 10.8. The molecule has 0 amide bonds. The molecule has 0 saturated heterocycles. The smallest absolute Gasteiger partial charge is 0.178 e. The molecule has 0 aliphatic carbocycles. The third-order valence-corrected chi connectivity index (χ3v) is 3.51. The van der Waals surface area contributed by atoms with E-state index in [2.05, 4.69) is 15.0 Å². The molecule has 22 heavy (non-hydrogen) atoms. The number of H-pyrrole nitrogens is 1. The first-order valence-corrected chi connectivity index (χ1v) is 6.87. The van der Waals surface area contributed by atoms with Crippen LogP contribution in [0.2, 0.25) is 0 Å². The van der Waals surface area contributed by atoms with Crippen LogP contribution in [-0.2, 0) is 0 Å². The molecule has 4 rings (SSSR count). The van der Waals surface area contributed by atoms with Crippen LogP contribution in [0.5, 0.6) is 5.75 Å². The minimum absolute atomic E-state index is 0.682. The molecule has 1 aromatic carbocycles. The van der Waals surface area contributed by atoms with Crippen molar-refractivity contribution in [3.63, 3.8) is 0 Å². The van der Waals surface area contributed by atoms with Gasteiger partial charge in [0.05, 0.1) is 18.9 Å². The molecule has 0 bridgehead atoms. The fourth-order valence-electron chi connectivity index (χ4n) is 2.36. The molecule has 0 aliphatic heterocycles. The number of furan rings is 1. The Bertz CT molecular complexity index is 909. The van der Waals surface area contributed by atoms with Gasteiger partial charge in [-0.2, -0.15) is 0 Å². The zero-order valence-electron chi connectivity index (χ0n) is 11.9. The van der Waals surface area contributed by atoms with E-state index >= 15 is 0 Å². The molecule has 3 aromatic heterocycles. The summed E-state index contributed by atoms with van der Waals surface area (Å²) in [7, 11) is 1.65. The summed E-state index contributed by atoms with van der Waals surface area (Å²) >= 11 is 0. The number of hydrogen-bond donors (Lipinski definition) is 1. The lowest BCUT2D eigenvalue weighted by atomic mass is 10.2. The van der Waals surface area contributed by atoms with Gasteiger partial charge in [-0.1, -0.05) is 0 Å². The number of methoxy groups -OCH3 is 1. The van der Waals surface area contributed by atoms with E-state index in [0.717, 1.165) is 34.0 Å². The average molecular weight is 291 g/mol. The van der Waals surface area contributed by atoms with Crippen molar-refractivity contribution in [1.82, 2.24) is 15.0 Å². The summed E-state index contributed by atoms with van der Waals surface area (Å²) < 4.78 is 10.6. The fourth-order valence-corrected chi connectivity index (χ4v) is 2.36. The number of fused-ring (bicyclic) bond motifs is 1. The quantitative estimate of drug-likeness (QED) is 0.622. The number of rotatable bonds is 3. The monoisotopic (exact) mass is 291 g/mol. The average Bonchev–Trinajstić information content (AvgIpc) is 3.23. The highest BCUT2D eigenvalue weighted by Crippen LogP contribution is 2.25. The predicted molar refractivity (Wildman–Crippen MR) is 83.6 cm³/mol. The number of aromatic nitrogens is 3. The predicted octanol–water partition coefficient (Wildman–Crippen LogP) is 3.89. The van der Waals surface area contributed by atoms with Crippen LogP contribution in [0.15, 0.2) is 59.3 Å². The Morgan fingerprint density at radius 2 is 1.95 bits per heavy atom. The summed E-state index contributed by atoms with van der Waals surface area (Å²) in [6, 6.07) is 13.5. The van der Waals surface area contributed by atoms with Crippen LogP contribution < -0.4 is 4.74 Å². The van der Waals surface area contributed by atoms with E-state index in [1.54, 1.807) is 19.6 Å². The zero-order chi connectivity index (χ0) is 14.9. The van der Waals surface area contributed by atoms with Gasteiger partial charge in [0, 0.05) is 17.3 Å². The SMILES string of the molecule is COc1ccc(-c2nc3ncc(-c4ccco4)cc3[nH]2)cc1. The zero-order valence-corrected chi connectivity index (χ0v) is 11.9.